The van der Waals surface area contributed by atoms with E-state index in [1.54, 1.807) is 10.6 Å². The number of hydrogen-bond donors (Lipinski definition) is 0. The monoisotopic (exact) mass is 435 g/mol. The summed E-state index contributed by atoms with van der Waals surface area (Å²) >= 11 is 6.01. The van der Waals surface area contributed by atoms with Gasteiger partial charge in [0.05, 0.1) is 10.6 Å². The first-order valence-corrected chi connectivity index (χ1v) is 9.57. The topological polar surface area (TPSA) is 63.9 Å². The number of benzene rings is 1. The van der Waals surface area contributed by atoms with Crippen LogP contribution in [-0.4, -0.2) is 36.6 Å². The number of hydrogen-bond acceptors (Lipinski definition) is 4. The lowest BCUT2D eigenvalue weighted by Gasteiger charge is -2.34. The summed E-state index contributed by atoms with van der Waals surface area (Å²) in [4.78, 5) is 18.9. The summed E-state index contributed by atoms with van der Waals surface area (Å²) in [6, 6.07) is 8.86. The highest BCUT2D eigenvalue weighted by atomic mass is 35.5. The van der Waals surface area contributed by atoms with Crippen molar-refractivity contribution in [1.29, 1.82) is 0 Å². The number of nitrogens with zero attached hydrogens (tertiary/aromatic N) is 5. The first-order chi connectivity index (χ1) is 14.2. The SMILES string of the molecule is Cc1cccc(-c2nnc3n2C[C@H](C)N(Cc2cccc(C(F)(F)F)c2Cl)C3=O)n1. The lowest BCUT2D eigenvalue weighted by molar-refractivity contribution is -0.137. The molecule has 0 spiro atoms. The summed E-state index contributed by atoms with van der Waals surface area (Å²) in [5, 5.41) is 7.74. The second-order valence-corrected chi connectivity index (χ2v) is 7.56. The zero-order chi connectivity index (χ0) is 21.6. The minimum absolute atomic E-state index is 0.0619. The van der Waals surface area contributed by atoms with Crippen molar-refractivity contribution in [3.05, 3.63) is 64.1 Å². The summed E-state index contributed by atoms with van der Waals surface area (Å²) in [7, 11) is 0. The number of fused-ring (bicyclic) bond motifs is 1. The lowest BCUT2D eigenvalue weighted by atomic mass is 10.1. The average molecular weight is 436 g/mol. The van der Waals surface area contributed by atoms with Crippen LogP contribution in [0.3, 0.4) is 0 Å². The van der Waals surface area contributed by atoms with Crippen molar-refractivity contribution in [1.82, 2.24) is 24.6 Å². The zero-order valence-electron chi connectivity index (χ0n) is 16.1. The van der Waals surface area contributed by atoms with Gasteiger partial charge in [0, 0.05) is 24.8 Å². The van der Waals surface area contributed by atoms with Gasteiger partial charge >= 0.3 is 6.18 Å². The molecule has 1 aliphatic rings. The normalized spacial score (nSPS) is 16.7. The summed E-state index contributed by atoms with van der Waals surface area (Å²) in [5.74, 6) is 0.175. The van der Waals surface area contributed by atoms with Crippen LogP contribution in [0.15, 0.2) is 36.4 Å². The molecule has 0 N–H and O–H groups in total. The van der Waals surface area contributed by atoms with Gasteiger partial charge in [0.25, 0.3) is 5.91 Å². The molecule has 1 atom stereocenters. The Morgan fingerprint density at radius 1 is 1.13 bits per heavy atom. The lowest BCUT2D eigenvalue weighted by Crippen LogP contribution is -2.46. The molecular weight excluding hydrogens is 419 g/mol. The zero-order valence-corrected chi connectivity index (χ0v) is 16.9. The minimum Gasteiger partial charge on any atom is -0.327 e. The maximum absolute atomic E-state index is 13.2. The third-order valence-electron chi connectivity index (χ3n) is 5.02. The van der Waals surface area contributed by atoms with Gasteiger partial charge in [0.1, 0.15) is 5.69 Å². The van der Waals surface area contributed by atoms with Gasteiger partial charge in [-0.2, -0.15) is 13.2 Å². The molecule has 156 valence electrons. The highest BCUT2D eigenvalue weighted by molar-refractivity contribution is 6.32. The van der Waals surface area contributed by atoms with Crippen molar-refractivity contribution in [3.8, 4) is 11.5 Å². The maximum atomic E-state index is 13.2. The second-order valence-electron chi connectivity index (χ2n) is 7.18. The van der Waals surface area contributed by atoms with Gasteiger partial charge in [0.2, 0.25) is 5.82 Å². The van der Waals surface area contributed by atoms with Gasteiger partial charge in [-0.1, -0.05) is 29.8 Å². The van der Waals surface area contributed by atoms with E-state index in [0.717, 1.165) is 11.8 Å². The van der Waals surface area contributed by atoms with Crippen molar-refractivity contribution >= 4 is 17.5 Å². The van der Waals surface area contributed by atoms with Gasteiger partial charge in [-0.15, -0.1) is 10.2 Å². The van der Waals surface area contributed by atoms with E-state index in [1.165, 1.54) is 17.0 Å². The molecule has 4 rings (SSSR count). The van der Waals surface area contributed by atoms with Crippen LogP contribution in [0.2, 0.25) is 5.02 Å². The Hall–Kier alpha value is -2.94. The first-order valence-electron chi connectivity index (χ1n) is 9.19. The summed E-state index contributed by atoms with van der Waals surface area (Å²) in [6.07, 6.45) is -4.57. The number of rotatable bonds is 3. The molecule has 1 aromatic carbocycles. The van der Waals surface area contributed by atoms with Crippen LogP contribution in [0.25, 0.3) is 11.5 Å². The fourth-order valence-corrected chi connectivity index (χ4v) is 3.81. The van der Waals surface area contributed by atoms with Gasteiger partial charge in [0.15, 0.2) is 5.82 Å². The highest BCUT2D eigenvalue weighted by Gasteiger charge is 2.37. The predicted octanol–water partition coefficient (Wildman–Crippen LogP) is 4.37. The molecule has 0 saturated carbocycles. The number of pyridine rings is 1. The first kappa shape index (κ1) is 20.3. The van der Waals surface area contributed by atoms with Gasteiger partial charge < -0.3 is 4.90 Å². The quantitative estimate of drug-likeness (QED) is 0.613. The van der Waals surface area contributed by atoms with E-state index in [2.05, 4.69) is 15.2 Å². The van der Waals surface area contributed by atoms with Crippen molar-refractivity contribution in [2.75, 3.05) is 0 Å². The molecule has 3 heterocycles. The Labute approximate surface area is 175 Å². The van der Waals surface area contributed by atoms with E-state index in [4.69, 9.17) is 11.6 Å². The van der Waals surface area contributed by atoms with Crippen molar-refractivity contribution in [2.24, 2.45) is 0 Å². The van der Waals surface area contributed by atoms with E-state index in [0.29, 0.717) is 18.1 Å². The van der Waals surface area contributed by atoms with Gasteiger partial charge in [-0.05, 0) is 37.6 Å². The number of halogens is 4. The van der Waals surface area contributed by atoms with Crippen LogP contribution in [0, 0.1) is 6.92 Å². The number of carbonyl (C=O) groups excluding carboxylic acids is 1. The summed E-state index contributed by atoms with van der Waals surface area (Å²) < 4.78 is 41.2. The van der Waals surface area contributed by atoms with Crippen molar-refractivity contribution in [3.63, 3.8) is 0 Å². The van der Waals surface area contributed by atoms with Gasteiger partial charge in [-0.3, -0.25) is 9.36 Å². The molecule has 2 aromatic heterocycles. The third kappa shape index (κ3) is 3.54. The number of amides is 1. The standard InChI is InChI=1S/C20H17ClF3N5O/c1-11-5-3-8-15(25-11)17-26-27-18-19(30)28(12(2)9-29(17)18)10-13-6-4-7-14(16(13)21)20(22,23)24/h3-8,12H,9-10H2,1-2H3/t12-/m0/s1. The average Bonchev–Trinajstić information content (AvgIpc) is 3.09. The number of carbonyl (C=O) groups is 1. The number of aromatic nitrogens is 4. The van der Waals surface area contributed by atoms with Crippen LogP contribution in [0.1, 0.15) is 34.4 Å². The van der Waals surface area contributed by atoms with Crippen LogP contribution in [0.5, 0.6) is 0 Å². The van der Waals surface area contributed by atoms with E-state index in [-0.39, 0.29) is 24.0 Å². The molecule has 6 nitrogen and oxygen atoms in total. The number of alkyl halides is 3. The van der Waals surface area contributed by atoms with Crippen LogP contribution >= 0.6 is 11.6 Å². The van der Waals surface area contributed by atoms with Gasteiger partial charge in [-0.25, -0.2) is 4.98 Å². The minimum atomic E-state index is -4.57. The molecule has 0 bridgehead atoms. The third-order valence-corrected chi connectivity index (χ3v) is 5.47. The van der Waals surface area contributed by atoms with Crippen LogP contribution < -0.4 is 0 Å². The van der Waals surface area contributed by atoms with Crippen LogP contribution in [0.4, 0.5) is 13.2 Å². The Morgan fingerprint density at radius 2 is 1.83 bits per heavy atom. The molecule has 1 amide bonds. The summed E-state index contributed by atoms with van der Waals surface area (Å²) in [6.45, 7) is 3.99. The fourth-order valence-electron chi connectivity index (χ4n) is 3.51. The molecule has 10 heteroatoms. The Morgan fingerprint density at radius 3 is 2.53 bits per heavy atom. The molecule has 30 heavy (non-hydrogen) atoms. The van der Waals surface area contributed by atoms with E-state index >= 15 is 0 Å². The van der Waals surface area contributed by atoms with Crippen molar-refractivity contribution < 1.29 is 18.0 Å². The van der Waals surface area contributed by atoms with E-state index in [9.17, 15) is 18.0 Å². The largest absolute Gasteiger partial charge is 0.417 e. The van der Waals surface area contributed by atoms with Crippen molar-refractivity contribution in [2.45, 2.75) is 39.2 Å². The fraction of sp³-hybridized carbons (Fsp3) is 0.300. The molecule has 0 aliphatic carbocycles. The smallest absolute Gasteiger partial charge is 0.327 e. The molecule has 0 saturated heterocycles. The van der Waals surface area contributed by atoms with E-state index in [1.807, 2.05) is 26.0 Å². The molecule has 0 unspecified atom stereocenters. The second kappa shape index (κ2) is 7.39. The molecule has 3 aromatic rings. The molecular formula is C20H17ClF3N5O. The highest BCUT2D eigenvalue weighted by Crippen LogP contribution is 2.37. The Kier molecular flexibility index (Phi) is 5.01. The van der Waals surface area contributed by atoms with E-state index < -0.39 is 22.7 Å². The van der Waals surface area contributed by atoms with Crippen LogP contribution in [-0.2, 0) is 19.3 Å². The molecule has 0 fully saturated rings. The Balaban J connectivity index is 1.66. The maximum Gasteiger partial charge on any atom is 0.417 e. The molecule has 0 radical (unpaired) electrons. The number of aryl methyl sites for hydroxylation is 1. The Bertz CT molecular complexity index is 1130. The molecule has 1 aliphatic heterocycles. The predicted molar refractivity (Wildman–Crippen MR) is 104 cm³/mol. The summed E-state index contributed by atoms with van der Waals surface area (Å²) in [5.41, 5.74) is 0.707.